The number of pyridine rings is 1. The number of carbonyl (C=O) groups is 1. The minimum Gasteiger partial charge on any atom is -0.395 e. The Hall–Kier alpha value is -0.940. The molecule has 0 spiro atoms. The van der Waals surface area contributed by atoms with Crippen molar-refractivity contribution in [3.05, 3.63) is 28.5 Å². The van der Waals surface area contributed by atoms with E-state index in [-0.39, 0.29) is 18.6 Å². The summed E-state index contributed by atoms with van der Waals surface area (Å²) in [7, 11) is 0. The van der Waals surface area contributed by atoms with E-state index in [1.54, 1.807) is 23.4 Å². The zero-order valence-corrected chi connectivity index (χ0v) is 11.1. The molecular weight excluding hydrogens is 284 g/mol. The summed E-state index contributed by atoms with van der Waals surface area (Å²) in [6.07, 6.45) is 6.45. The Morgan fingerprint density at radius 2 is 2.29 bits per heavy atom. The van der Waals surface area contributed by atoms with Crippen molar-refractivity contribution in [2.45, 2.75) is 25.3 Å². The average Bonchev–Trinajstić information content (AvgIpc) is 2.25. The van der Waals surface area contributed by atoms with E-state index in [1.807, 2.05) is 0 Å². The second-order valence-electron chi connectivity index (χ2n) is 4.20. The van der Waals surface area contributed by atoms with Crippen LogP contribution in [0.4, 0.5) is 0 Å². The van der Waals surface area contributed by atoms with Crippen LogP contribution in [-0.4, -0.2) is 40.1 Å². The van der Waals surface area contributed by atoms with Crippen LogP contribution in [0.3, 0.4) is 0 Å². The summed E-state index contributed by atoms with van der Waals surface area (Å²) in [5, 5.41) is 9.04. The Balaban J connectivity index is 2.15. The molecule has 1 saturated carbocycles. The molecule has 0 atom stereocenters. The number of hydrogen-bond acceptors (Lipinski definition) is 3. The molecule has 5 heteroatoms. The van der Waals surface area contributed by atoms with E-state index in [9.17, 15) is 4.79 Å². The number of aliphatic hydroxyl groups is 1. The van der Waals surface area contributed by atoms with Gasteiger partial charge in [-0.25, -0.2) is 0 Å². The van der Waals surface area contributed by atoms with Gasteiger partial charge in [0.05, 0.1) is 12.2 Å². The predicted molar refractivity (Wildman–Crippen MR) is 67.7 cm³/mol. The first-order chi connectivity index (χ1) is 8.22. The lowest BCUT2D eigenvalue weighted by Gasteiger charge is -2.37. The fraction of sp³-hybridized carbons (Fsp3) is 0.500. The topological polar surface area (TPSA) is 53.4 Å². The molecule has 1 aromatic heterocycles. The van der Waals surface area contributed by atoms with Gasteiger partial charge < -0.3 is 10.0 Å². The summed E-state index contributed by atoms with van der Waals surface area (Å²) in [6.45, 7) is 0.402. The third kappa shape index (κ3) is 2.84. The molecule has 0 saturated heterocycles. The fourth-order valence-electron chi connectivity index (χ4n) is 1.95. The maximum atomic E-state index is 12.3. The molecule has 1 heterocycles. The first-order valence-corrected chi connectivity index (χ1v) is 6.54. The van der Waals surface area contributed by atoms with Crippen molar-refractivity contribution in [1.82, 2.24) is 9.88 Å². The van der Waals surface area contributed by atoms with E-state index in [4.69, 9.17) is 5.11 Å². The SMILES string of the molecule is O=C(c1cncc(Br)c1)N(CCO)C1CCC1. The lowest BCUT2D eigenvalue weighted by molar-refractivity contribution is 0.0525. The van der Waals surface area contributed by atoms with Gasteiger partial charge in [0.15, 0.2) is 0 Å². The third-order valence-electron chi connectivity index (χ3n) is 3.07. The minimum atomic E-state index is -0.0439. The summed E-state index contributed by atoms with van der Waals surface area (Å²) in [5.74, 6) is -0.0439. The highest BCUT2D eigenvalue weighted by molar-refractivity contribution is 9.10. The van der Waals surface area contributed by atoms with E-state index in [1.165, 1.54) is 0 Å². The molecule has 1 fully saturated rings. The van der Waals surface area contributed by atoms with Crippen molar-refractivity contribution in [3.8, 4) is 0 Å². The second-order valence-corrected chi connectivity index (χ2v) is 5.11. The van der Waals surface area contributed by atoms with E-state index in [2.05, 4.69) is 20.9 Å². The van der Waals surface area contributed by atoms with Crippen LogP contribution in [0.15, 0.2) is 22.9 Å². The highest BCUT2D eigenvalue weighted by atomic mass is 79.9. The normalized spacial score (nSPS) is 15.4. The van der Waals surface area contributed by atoms with Crippen molar-refractivity contribution in [3.63, 3.8) is 0 Å². The van der Waals surface area contributed by atoms with Crippen molar-refractivity contribution in [1.29, 1.82) is 0 Å². The highest BCUT2D eigenvalue weighted by Gasteiger charge is 2.29. The molecule has 1 aliphatic rings. The number of nitrogens with zero attached hydrogens (tertiary/aromatic N) is 2. The number of amides is 1. The molecule has 2 rings (SSSR count). The van der Waals surface area contributed by atoms with Gasteiger partial charge >= 0.3 is 0 Å². The van der Waals surface area contributed by atoms with E-state index in [0.29, 0.717) is 12.1 Å². The van der Waals surface area contributed by atoms with E-state index in [0.717, 1.165) is 23.7 Å². The number of aromatic nitrogens is 1. The maximum Gasteiger partial charge on any atom is 0.255 e. The first-order valence-electron chi connectivity index (χ1n) is 5.74. The second kappa shape index (κ2) is 5.60. The molecule has 92 valence electrons. The summed E-state index contributed by atoms with van der Waals surface area (Å²) in [5.41, 5.74) is 0.569. The Labute approximate surface area is 109 Å². The Morgan fingerprint density at radius 1 is 1.53 bits per heavy atom. The van der Waals surface area contributed by atoms with Crippen LogP contribution >= 0.6 is 15.9 Å². The van der Waals surface area contributed by atoms with Crippen LogP contribution in [0.5, 0.6) is 0 Å². The van der Waals surface area contributed by atoms with Crippen molar-refractivity contribution in [2.75, 3.05) is 13.2 Å². The largest absolute Gasteiger partial charge is 0.395 e. The van der Waals surface area contributed by atoms with Gasteiger partial charge in [0.1, 0.15) is 0 Å². The first kappa shape index (κ1) is 12.5. The van der Waals surface area contributed by atoms with Crippen LogP contribution < -0.4 is 0 Å². The number of aliphatic hydroxyl groups excluding tert-OH is 1. The molecule has 0 bridgehead atoms. The molecule has 0 radical (unpaired) electrons. The quantitative estimate of drug-likeness (QED) is 0.923. The maximum absolute atomic E-state index is 12.3. The summed E-state index contributed by atoms with van der Waals surface area (Å²) in [4.78, 5) is 18.0. The van der Waals surface area contributed by atoms with Crippen LogP contribution in [0.25, 0.3) is 0 Å². The molecule has 0 aliphatic heterocycles. The summed E-state index contributed by atoms with van der Waals surface area (Å²) in [6, 6.07) is 2.05. The Kier molecular flexibility index (Phi) is 4.12. The molecular formula is C12H15BrN2O2. The molecule has 1 N–H and O–H groups in total. The molecule has 1 aliphatic carbocycles. The smallest absolute Gasteiger partial charge is 0.255 e. The third-order valence-corrected chi connectivity index (χ3v) is 3.50. The van der Waals surface area contributed by atoms with Crippen LogP contribution in [0.1, 0.15) is 29.6 Å². The minimum absolute atomic E-state index is 0.00364. The Morgan fingerprint density at radius 3 is 2.82 bits per heavy atom. The molecule has 0 aromatic carbocycles. The van der Waals surface area contributed by atoms with Crippen molar-refractivity contribution in [2.24, 2.45) is 0 Å². The predicted octanol–water partition coefficient (Wildman–Crippen LogP) is 1.83. The van der Waals surface area contributed by atoms with Gasteiger partial charge in [-0.1, -0.05) is 0 Å². The monoisotopic (exact) mass is 298 g/mol. The number of hydrogen-bond donors (Lipinski definition) is 1. The zero-order chi connectivity index (χ0) is 12.3. The van der Waals surface area contributed by atoms with Gasteiger partial charge in [-0.2, -0.15) is 0 Å². The van der Waals surface area contributed by atoms with Gasteiger partial charge in [-0.15, -0.1) is 0 Å². The number of carbonyl (C=O) groups excluding carboxylic acids is 1. The van der Waals surface area contributed by atoms with Crippen molar-refractivity contribution >= 4 is 21.8 Å². The van der Waals surface area contributed by atoms with E-state index >= 15 is 0 Å². The van der Waals surface area contributed by atoms with Crippen LogP contribution in [-0.2, 0) is 0 Å². The molecule has 17 heavy (non-hydrogen) atoms. The Bertz CT molecular complexity index is 407. The molecule has 1 aromatic rings. The van der Waals surface area contributed by atoms with Crippen molar-refractivity contribution < 1.29 is 9.90 Å². The fourth-order valence-corrected chi connectivity index (χ4v) is 2.32. The molecule has 1 amide bonds. The van der Waals surface area contributed by atoms with Gasteiger partial charge in [-0.3, -0.25) is 9.78 Å². The number of halogens is 1. The molecule has 4 nitrogen and oxygen atoms in total. The van der Waals surface area contributed by atoms with Gasteiger partial charge in [0.25, 0.3) is 5.91 Å². The van der Waals surface area contributed by atoms with E-state index < -0.39 is 0 Å². The summed E-state index contributed by atoms with van der Waals surface area (Å²) < 4.78 is 0.793. The summed E-state index contributed by atoms with van der Waals surface area (Å²) >= 11 is 3.30. The standard InChI is InChI=1S/C12H15BrN2O2/c13-10-6-9(7-14-8-10)12(17)15(4-5-16)11-2-1-3-11/h6-8,11,16H,1-5H2. The highest BCUT2D eigenvalue weighted by Crippen LogP contribution is 2.26. The number of rotatable bonds is 4. The van der Waals surface area contributed by atoms with Crippen LogP contribution in [0.2, 0.25) is 0 Å². The lowest BCUT2D eigenvalue weighted by atomic mass is 9.91. The lowest BCUT2D eigenvalue weighted by Crippen LogP contribution is -2.45. The van der Waals surface area contributed by atoms with Crippen LogP contribution in [0, 0.1) is 0 Å². The zero-order valence-electron chi connectivity index (χ0n) is 9.47. The van der Waals surface area contributed by atoms with Gasteiger partial charge in [0, 0.05) is 29.5 Å². The molecule has 0 unspecified atom stereocenters. The van der Waals surface area contributed by atoms with Gasteiger partial charge in [0.2, 0.25) is 0 Å². The average molecular weight is 299 g/mol. The van der Waals surface area contributed by atoms with Gasteiger partial charge in [-0.05, 0) is 41.3 Å².